The molecule has 1 aliphatic carbocycles. The van der Waals surface area contributed by atoms with Crippen molar-refractivity contribution in [3.05, 3.63) is 57.9 Å². The fraction of sp³-hybridized carbons (Fsp3) is 0.214. The number of fused-ring (bicyclic) bond motifs is 1. The van der Waals surface area contributed by atoms with Gasteiger partial charge >= 0.3 is 5.97 Å². The zero-order valence-electron chi connectivity index (χ0n) is 9.61. The zero-order chi connectivity index (χ0) is 12.7. The maximum absolute atomic E-state index is 10.9. The molecule has 3 rings (SSSR count). The summed E-state index contributed by atoms with van der Waals surface area (Å²) in [5.74, 6) is -0.648. The van der Waals surface area contributed by atoms with Gasteiger partial charge in [0.15, 0.2) is 0 Å². The Morgan fingerprint density at radius 2 is 2.06 bits per heavy atom. The third-order valence-electron chi connectivity index (χ3n) is 3.49. The summed E-state index contributed by atoms with van der Waals surface area (Å²) in [5, 5.41) is 9.70. The Hall–Kier alpha value is -1.74. The van der Waals surface area contributed by atoms with E-state index in [9.17, 15) is 4.79 Å². The first kappa shape index (κ1) is 11.4. The molecule has 0 fully saturated rings. The molecule has 0 amide bonds. The number of benzene rings is 1. The Morgan fingerprint density at radius 3 is 2.72 bits per heavy atom. The van der Waals surface area contributed by atoms with Crippen molar-refractivity contribution in [3.63, 3.8) is 0 Å². The van der Waals surface area contributed by atoms with Gasteiger partial charge in [0.1, 0.15) is 5.69 Å². The van der Waals surface area contributed by atoms with Crippen molar-refractivity contribution in [3.8, 4) is 0 Å². The summed E-state index contributed by atoms with van der Waals surface area (Å²) in [6.45, 7) is 0. The minimum atomic E-state index is -0.903. The normalized spacial score (nSPS) is 17.7. The van der Waals surface area contributed by atoms with E-state index in [-0.39, 0.29) is 11.6 Å². The molecule has 1 unspecified atom stereocenters. The lowest BCUT2D eigenvalue weighted by Crippen LogP contribution is -2.01. The summed E-state index contributed by atoms with van der Waals surface area (Å²) in [6, 6.07) is 9.49. The van der Waals surface area contributed by atoms with Crippen molar-refractivity contribution < 1.29 is 9.90 Å². The van der Waals surface area contributed by atoms with Crippen molar-refractivity contribution in [2.45, 2.75) is 18.8 Å². The lowest BCUT2D eigenvalue weighted by Gasteiger charge is -2.10. The highest BCUT2D eigenvalue weighted by molar-refractivity contribution is 6.30. The molecule has 0 saturated carbocycles. The lowest BCUT2D eigenvalue weighted by molar-refractivity contribution is 0.0691. The lowest BCUT2D eigenvalue weighted by atomic mass is 9.97. The maximum Gasteiger partial charge on any atom is 0.352 e. The van der Waals surface area contributed by atoms with Crippen LogP contribution in [0.25, 0.3) is 0 Å². The summed E-state index contributed by atoms with van der Waals surface area (Å²) < 4.78 is 0. The van der Waals surface area contributed by atoms with Crippen LogP contribution in [0.15, 0.2) is 30.3 Å². The van der Waals surface area contributed by atoms with Crippen molar-refractivity contribution in [1.29, 1.82) is 0 Å². The van der Waals surface area contributed by atoms with E-state index in [0.717, 1.165) is 29.1 Å². The van der Waals surface area contributed by atoms with Gasteiger partial charge in [-0.25, -0.2) is 4.79 Å². The maximum atomic E-state index is 10.9. The second kappa shape index (κ2) is 4.18. The largest absolute Gasteiger partial charge is 0.477 e. The first-order valence-corrected chi connectivity index (χ1v) is 6.23. The summed E-state index contributed by atoms with van der Waals surface area (Å²) in [6.07, 6.45) is 1.94. The fourth-order valence-corrected chi connectivity index (χ4v) is 2.74. The zero-order valence-corrected chi connectivity index (χ0v) is 10.4. The van der Waals surface area contributed by atoms with Crippen molar-refractivity contribution in [1.82, 2.24) is 4.98 Å². The average molecular weight is 262 g/mol. The molecule has 0 radical (unpaired) electrons. The highest BCUT2D eigenvalue weighted by atomic mass is 35.5. The summed E-state index contributed by atoms with van der Waals surface area (Å²) in [7, 11) is 0. The van der Waals surface area contributed by atoms with Crippen molar-refractivity contribution >= 4 is 17.6 Å². The Labute approximate surface area is 109 Å². The number of carboxylic acid groups (broad SMARTS) is 1. The molecule has 0 aliphatic heterocycles. The predicted molar refractivity (Wildman–Crippen MR) is 69.4 cm³/mol. The topological polar surface area (TPSA) is 53.1 Å². The average Bonchev–Trinajstić information content (AvgIpc) is 2.89. The number of halogens is 1. The minimum Gasteiger partial charge on any atom is -0.477 e. The van der Waals surface area contributed by atoms with Gasteiger partial charge < -0.3 is 10.1 Å². The van der Waals surface area contributed by atoms with Crippen LogP contribution in [0.3, 0.4) is 0 Å². The molecule has 1 aliphatic rings. The van der Waals surface area contributed by atoms with Gasteiger partial charge in [0.05, 0.1) is 0 Å². The van der Waals surface area contributed by atoms with E-state index in [4.69, 9.17) is 16.7 Å². The van der Waals surface area contributed by atoms with Gasteiger partial charge in [-0.15, -0.1) is 0 Å². The molecule has 0 bridgehead atoms. The van der Waals surface area contributed by atoms with Gasteiger partial charge in [-0.1, -0.05) is 23.7 Å². The molecule has 3 nitrogen and oxygen atoms in total. The fourth-order valence-electron chi connectivity index (χ4n) is 2.62. The molecule has 1 atom stereocenters. The summed E-state index contributed by atoms with van der Waals surface area (Å²) in [5.41, 5.74) is 3.61. The van der Waals surface area contributed by atoms with Crippen LogP contribution >= 0.6 is 11.6 Å². The van der Waals surface area contributed by atoms with Gasteiger partial charge in [0.25, 0.3) is 0 Å². The number of rotatable bonds is 2. The molecule has 0 spiro atoms. The van der Waals surface area contributed by atoms with Crippen LogP contribution in [0.1, 0.15) is 39.6 Å². The monoisotopic (exact) mass is 261 g/mol. The van der Waals surface area contributed by atoms with E-state index in [2.05, 4.69) is 4.98 Å². The van der Waals surface area contributed by atoms with Crippen LogP contribution < -0.4 is 0 Å². The van der Waals surface area contributed by atoms with Gasteiger partial charge in [-0.3, -0.25) is 0 Å². The van der Waals surface area contributed by atoms with Crippen LogP contribution in [0.4, 0.5) is 0 Å². The number of aromatic carboxylic acids is 1. The van der Waals surface area contributed by atoms with E-state index in [1.165, 1.54) is 5.56 Å². The molecule has 1 heterocycles. The number of hydrogen-bond donors (Lipinski definition) is 2. The summed E-state index contributed by atoms with van der Waals surface area (Å²) >= 11 is 5.88. The van der Waals surface area contributed by atoms with Gasteiger partial charge in [-0.2, -0.15) is 0 Å². The first-order chi connectivity index (χ1) is 8.65. The molecule has 1 aromatic carbocycles. The van der Waals surface area contributed by atoms with Crippen LogP contribution in [-0.2, 0) is 6.42 Å². The van der Waals surface area contributed by atoms with E-state index in [0.29, 0.717) is 0 Å². The molecular weight excluding hydrogens is 250 g/mol. The number of aryl methyl sites for hydroxylation is 1. The second-order valence-electron chi connectivity index (χ2n) is 4.57. The van der Waals surface area contributed by atoms with Gasteiger partial charge in [0.2, 0.25) is 0 Å². The number of hydrogen-bond acceptors (Lipinski definition) is 1. The Balaban J connectivity index is 1.98. The number of carboxylic acids is 1. The number of H-pyrrole nitrogens is 1. The van der Waals surface area contributed by atoms with Gasteiger partial charge in [-0.05, 0) is 42.2 Å². The molecule has 4 heteroatoms. The third kappa shape index (κ3) is 1.81. The minimum absolute atomic E-state index is 0.255. The Bertz CT molecular complexity index is 601. The molecular formula is C14H12ClNO2. The van der Waals surface area contributed by atoms with Crippen LogP contribution in [0.2, 0.25) is 5.02 Å². The van der Waals surface area contributed by atoms with E-state index in [1.807, 2.05) is 24.3 Å². The quantitative estimate of drug-likeness (QED) is 0.870. The van der Waals surface area contributed by atoms with E-state index >= 15 is 0 Å². The molecule has 2 aromatic rings. The molecule has 1 aromatic heterocycles. The molecule has 18 heavy (non-hydrogen) atoms. The van der Waals surface area contributed by atoms with Gasteiger partial charge in [0, 0.05) is 16.6 Å². The summed E-state index contributed by atoms with van der Waals surface area (Å²) in [4.78, 5) is 14.0. The number of aromatic nitrogens is 1. The van der Waals surface area contributed by atoms with Crippen LogP contribution in [0.5, 0.6) is 0 Å². The van der Waals surface area contributed by atoms with Crippen molar-refractivity contribution in [2.24, 2.45) is 0 Å². The molecule has 92 valence electrons. The number of nitrogens with one attached hydrogen (secondary N) is 1. The molecule has 0 saturated heterocycles. The first-order valence-electron chi connectivity index (χ1n) is 5.85. The Morgan fingerprint density at radius 1 is 1.33 bits per heavy atom. The van der Waals surface area contributed by atoms with Crippen LogP contribution in [-0.4, -0.2) is 16.1 Å². The Kier molecular flexibility index (Phi) is 2.63. The molecule has 2 N–H and O–H groups in total. The van der Waals surface area contributed by atoms with Crippen molar-refractivity contribution in [2.75, 3.05) is 0 Å². The number of carbonyl (C=O) groups is 1. The van der Waals surface area contributed by atoms with Crippen LogP contribution in [0, 0.1) is 0 Å². The van der Waals surface area contributed by atoms with E-state index < -0.39 is 5.97 Å². The third-order valence-corrected chi connectivity index (χ3v) is 3.74. The SMILES string of the molecule is O=C(O)c1cc2c([nH]1)C(c1ccc(Cl)cc1)CC2. The smallest absolute Gasteiger partial charge is 0.352 e. The highest BCUT2D eigenvalue weighted by Gasteiger charge is 2.27. The highest BCUT2D eigenvalue weighted by Crippen LogP contribution is 2.38. The number of aromatic amines is 1. The predicted octanol–water partition coefficient (Wildman–Crippen LogP) is 3.44. The standard InChI is InChI=1S/C14H12ClNO2/c15-10-4-1-8(2-5-10)11-6-3-9-7-12(14(17)18)16-13(9)11/h1-2,4-5,7,11,16H,3,6H2,(H,17,18). The van der Waals surface area contributed by atoms with E-state index in [1.54, 1.807) is 6.07 Å². The second-order valence-corrected chi connectivity index (χ2v) is 5.01.